The Balaban J connectivity index is 2.53. The summed E-state index contributed by atoms with van der Waals surface area (Å²) in [7, 11) is -0.938. The number of hydrogen-bond acceptors (Lipinski definition) is 5. The first-order valence-electron chi connectivity index (χ1n) is 5.56. The van der Waals surface area contributed by atoms with E-state index in [1.807, 2.05) is 0 Å². The number of nitrogens with zero attached hydrogens (tertiary/aromatic N) is 1. The number of aromatic nitrogens is 1. The average Bonchev–Trinajstić information content (AvgIpc) is 2.27. The van der Waals surface area contributed by atoms with Gasteiger partial charge in [0.1, 0.15) is 5.60 Å². The molecule has 2 N–H and O–H groups in total. The van der Waals surface area contributed by atoms with Crippen LogP contribution in [0.25, 0.3) is 0 Å². The van der Waals surface area contributed by atoms with Gasteiger partial charge in [-0.3, -0.25) is 0 Å². The second kappa shape index (κ2) is 4.49. The normalized spacial score (nSPS) is 18.2. The van der Waals surface area contributed by atoms with Gasteiger partial charge in [-0.1, -0.05) is 0 Å². The Kier molecular flexibility index (Phi) is 3.31. The first-order valence-corrected chi connectivity index (χ1v) is 7.11. The van der Waals surface area contributed by atoms with Crippen LogP contribution in [-0.4, -0.2) is 27.6 Å². The number of hydrogen-bond donors (Lipinski definition) is 1. The van der Waals surface area contributed by atoms with Gasteiger partial charge >= 0.3 is 0 Å². The fraction of sp³-hybridized carbons (Fsp3) is 0.545. The Labute approximate surface area is 106 Å². The monoisotopic (exact) mass is 272 g/mol. The van der Waals surface area contributed by atoms with E-state index in [2.05, 4.69) is 4.98 Å². The molecular weight excluding hydrogens is 256 g/mol. The van der Waals surface area contributed by atoms with Crippen molar-refractivity contribution in [2.45, 2.75) is 29.9 Å². The molecule has 0 bridgehead atoms. The van der Waals surface area contributed by atoms with Crippen LogP contribution in [0.4, 0.5) is 0 Å². The van der Waals surface area contributed by atoms with E-state index in [0.717, 1.165) is 19.3 Å². The first-order chi connectivity index (χ1) is 8.43. The van der Waals surface area contributed by atoms with Crippen LogP contribution < -0.4 is 9.88 Å². The van der Waals surface area contributed by atoms with Crippen LogP contribution in [-0.2, 0) is 20.4 Å². The lowest BCUT2D eigenvalue weighted by atomic mass is 9.77. The van der Waals surface area contributed by atoms with Gasteiger partial charge in [0.15, 0.2) is 5.75 Å². The van der Waals surface area contributed by atoms with Crippen LogP contribution in [0.5, 0.6) is 5.75 Å². The summed E-state index contributed by atoms with van der Waals surface area (Å²) >= 11 is 0. The Morgan fingerprint density at radius 2 is 2.00 bits per heavy atom. The highest BCUT2D eigenvalue weighted by Crippen LogP contribution is 2.44. The molecule has 0 aliphatic heterocycles. The van der Waals surface area contributed by atoms with Crippen LogP contribution in [0.2, 0.25) is 0 Å². The van der Waals surface area contributed by atoms with Gasteiger partial charge in [0, 0.05) is 7.11 Å². The minimum Gasteiger partial charge on any atom is -0.494 e. The molecule has 2 rings (SSSR count). The summed E-state index contributed by atoms with van der Waals surface area (Å²) in [6, 6.07) is 3.28. The van der Waals surface area contributed by atoms with Crippen molar-refractivity contribution >= 4 is 10.0 Å². The lowest BCUT2D eigenvalue weighted by molar-refractivity contribution is -0.0815. The lowest BCUT2D eigenvalue weighted by Crippen LogP contribution is -2.37. The molecule has 0 aromatic carbocycles. The van der Waals surface area contributed by atoms with E-state index in [-0.39, 0.29) is 10.8 Å². The van der Waals surface area contributed by atoms with Crippen LogP contribution in [0, 0.1) is 0 Å². The molecule has 1 aliphatic rings. The Bertz CT molecular complexity index is 547. The van der Waals surface area contributed by atoms with E-state index in [9.17, 15) is 8.42 Å². The average molecular weight is 272 g/mol. The third-order valence-electron chi connectivity index (χ3n) is 3.33. The molecule has 0 atom stereocenters. The third-order valence-corrected chi connectivity index (χ3v) is 4.17. The van der Waals surface area contributed by atoms with Crippen molar-refractivity contribution in [1.82, 2.24) is 4.98 Å². The molecule has 1 heterocycles. The number of sulfonamides is 1. The van der Waals surface area contributed by atoms with Crippen LogP contribution >= 0.6 is 0 Å². The minimum atomic E-state index is -3.91. The van der Waals surface area contributed by atoms with E-state index in [0.29, 0.717) is 5.69 Å². The van der Waals surface area contributed by atoms with Gasteiger partial charge in [0.2, 0.25) is 5.03 Å². The predicted octanol–water partition coefficient (Wildman–Crippen LogP) is 0.763. The summed E-state index contributed by atoms with van der Waals surface area (Å²) < 4.78 is 33.4. The number of nitrogens with two attached hydrogens (primary N) is 1. The maximum absolute atomic E-state index is 11.5. The van der Waals surface area contributed by atoms with Crippen molar-refractivity contribution in [2.24, 2.45) is 5.14 Å². The van der Waals surface area contributed by atoms with Crippen molar-refractivity contribution in [3.63, 3.8) is 0 Å². The van der Waals surface area contributed by atoms with E-state index in [1.54, 1.807) is 19.2 Å². The summed E-state index contributed by atoms with van der Waals surface area (Å²) in [4.78, 5) is 4.12. The fourth-order valence-electron chi connectivity index (χ4n) is 2.10. The summed E-state index contributed by atoms with van der Waals surface area (Å²) in [5, 5.41) is 4.89. The molecule has 1 saturated carbocycles. The highest BCUT2D eigenvalue weighted by Gasteiger charge is 2.41. The maximum atomic E-state index is 11.5. The molecule has 18 heavy (non-hydrogen) atoms. The number of rotatable bonds is 4. The zero-order chi connectivity index (χ0) is 13.4. The van der Waals surface area contributed by atoms with Gasteiger partial charge in [-0.2, -0.15) is 0 Å². The number of primary sulfonamides is 1. The van der Waals surface area contributed by atoms with Crippen molar-refractivity contribution in [3.05, 3.63) is 17.8 Å². The Morgan fingerprint density at radius 1 is 1.33 bits per heavy atom. The number of ether oxygens (including phenoxy) is 2. The van der Waals surface area contributed by atoms with E-state index in [1.165, 1.54) is 7.11 Å². The highest BCUT2D eigenvalue weighted by atomic mass is 32.2. The SMILES string of the molecule is COc1ccc(C2(OC)CCC2)nc1S(N)(=O)=O. The molecule has 6 nitrogen and oxygen atoms in total. The summed E-state index contributed by atoms with van der Waals surface area (Å²) in [6.45, 7) is 0. The van der Waals surface area contributed by atoms with Crippen LogP contribution in [0.15, 0.2) is 17.2 Å². The van der Waals surface area contributed by atoms with Gasteiger partial charge < -0.3 is 9.47 Å². The summed E-state index contributed by atoms with van der Waals surface area (Å²) in [6.07, 6.45) is 2.69. The highest BCUT2D eigenvalue weighted by molar-refractivity contribution is 7.89. The van der Waals surface area contributed by atoms with Gasteiger partial charge in [-0.15, -0.1) is 0 Å². The lowest BCUT2D eigenvalue weighted by Gasteiger charge is -2.40. The number of pyridine rings is 1. The smallest absolute Gasteiger partial charge is 0.259 e. The number of methoxy groups -OCH3 is 2. The van der Waals surface area contributed by atoms with E-state index < -0.39 is 15.6 Å². The first kappa shape index (κ1) is 13.3. The maximum Gasteiger partial charge on any atom is 0.259 e. The van der Waals surface area contributed by atoms with Gasteiger partial charge in [-0.25, -0.2) is 18.5 Å². The molecule has 100 valence electrons. The van der Waals surface area contributed by atoms with Crippen molar-refractivity contribution < 1.29 is 17.9 Å². The minimum absolute atomic E-state index is 0.145. The Morgan fingerprint density at radius 3 is 2.39 bits per heavy atom. The molecule has 0 radical (unpaired) electrons. The van der Waals surface area contributed by atoms with Crippen LogP contribution in [0.1, 0.15) is 25.0 Å². The molecule has 7 heteroatoms. The molecule has 0 unspecified atom stereocenters. The van der Waals surface area contributed by atoms with Crippen molar-refractivity contribution in [3.8, 4) is 5.75 Å². The van der Waals surface area contributed by atoms with Crippen molar-refractivity contribution in [2.75, 3.05) is 14.2 Å². The molecule has 0 saturated heterocycles. The fourth-order valence-corrected chi connectivity index (χ4v) is 2.76. The van der Waals surface area contributed by atoms with Crippen LogP contribution in [0.3, 0.4) is 0 Å². The van der Waals surface area contributed by atoms with Gasteiger partial charge in [0.05, 0.1) is 12.8 Å². The van der Waals surface area contributed by atoms with Crippen molar-refractivity contribution in [1.29, 1.82) is 0 Å². The second-order valence-corrected chi connectivity index (χ2v) is 5.78. The van der Waals surface area contributed by atoms with E-state index >= 15 is 0 Å². The standard InChI is InChI=1S/C11H16N2O4S/c1-16-8-4-5-9(11(17-2)6-3-7-11)13-10(8)18(12,14)15/h4-5H,3,6-7H2,1-2H3,(H2,12,14,15). The third kappa shape index (κ3) is 2.09. The van der Waals surface area contributed by atoms with E-state index in [4.69, 9.17) is 14.6 Å². The molecule has 1 aromatic rings. The molecule has 1 fully saturated rings. The molecule has 0 amide bonds. The van der Waals surface area contributed by atoms with Gasteiger partial charge in [-0.05, 0) is 31.4 Å². The zero-order valence-corrected chi connectivity index (χ0v) is 11.2. The summed E-state index contributed by atoms with van der Waals surface area (Å²) in [5.74, 6) is 0.145. The topological polar surface area (TPSA) is 91.5 Å². The molecular formula is C11H16N2O4S. The second-order valence-electron chi connectivity index (χ2n) is 4.30. The van der Waals surface area contributed by atoms with Gasteiger partial charge in [0.25, 0.3) is 10.0 Å². The largest absolute Gasteiger partial charge is 0.494 e. The predicted molar refractivity (Wildman–Crippen MR) is 64.7 cm³/mol. The quantitative estimate of drug-likeness (QED) is 0.873. The summed E-state index contributed by atoms with van der Waals surface area (Å²) in [5.41, 5.74) is 0.104. The molecule has 0 spiro atoms. The molecule has 1 aromatic heterocycles. The molecule has 1 aliphatic carbocycles. The zero-order valence-electron chi connectivity index (χ0n) is 10.3. The Hall–Kier alpha value is -1.18.